The highest BCUT2D eigenvalue weighted by Crippen LogP contribution is 2.28. The number of nitrogens with one attached hydrogen (secondary N) is 1. The number of methoxy groups -OCH3 is 1. The van der Waals surface area contributed by atoms with Gasteiger partial charge in [0.2, 0.25) is 0 Å². The maximum atomic E-state index is 11.0. The third-order valence-corrected chi connectivity index (χ3v) is 3.39. The van der Waals surface area contributed by atoms with Crippen LogP contribution in [0.1, 0.15) is 0 Å². The van der Waals surface area contributed by atoms with Crippen molar-refractivity contribution < 1.29 is 13.2 Å². The zero-order chi connectivity index (χ0) is 11.8. The van der Waals surface area contributed by atoms with Gasteiger partial charge in [-0.1, -0.05) is 0 Å². The molecular weight excluding hydrogens is 252 g/mol. The normalized spacial score (nSPS) is 11.6. The number of sulfonamides is 1. The highest BCUT2D eigenvalue weighted by molar-refractivity contribution is 7.89. The first kappa shape index (κ1) is 11.0. The van der Waals surface area contributed by atoms with Gasteiger partial charge < -0.3 is 4.74 Å². The minimum atomic E-state index is -3.84. The fourth-order valence-corrected chi connectivity index (χ4v) is 2.20. The maximum Gasteiger partial charge on any atom is 0.273 e. The van der Waals surface area contributed by atoms with Crippen LogP contribution in [0.3, 0.4) is 0 Å². The monoisotopic (exact) mass is 260 g/mol. The highest BCUT2D eigenvalue weighted by Gasteiger charge is 2.16. The molecule has 3 N–H and O–H groups in total. The molecule has 86 valence electrons. The summed E-state index contributed by atoms with van der Waals surface area (Å²) in [4.78, 5) is 4.47. The lowest BCUT2D eigenvalue weighted by Gasteiger charge is -1.89. The maximum absolute atomic E-state index is 11.0. The minimum Gasteiger partial charge on any atom is -0.496 e. The molecule has 0 saturated carbocycles. The van der Waals surface area contributed by atoms with Crippen LogP contribution in [0.25, 0.3) is 10.7 Å². The lowest BCUT2D eigenvalue weighted by Crippen LogP contribution is -2.13. The summed E-state index contributed by atoms with van der Waals surface area (Å²) in [5.41, 5.74) is 0. The Labute approximate surface area is 95.3 Å². The van der Waals surface area contributed by atoms with Gasteiger partial charge in [-0.15, -0.1) is 11.3 Å². The molecule has 0 aliphatic rings. The predicted molar refractivity (Wildman–Crippen MR) is 57.6 cm³/mol. The second-order valence-electron chi connectivity index (χ2n) is 2.86. The van der Waals surface area contributed by atoms with Gasteiger partial charge in [0.25, 0.3) is 15.2 Å². The zero-order valence-electron chi connectivity index (χ0n) is 8.17. The van der Waals surface area contributed by atoms with Crippen LogP contribution in [0, 0.1) is 0 Å². The Hall–Kier alpha value is -1.45. The van der Waals surface area contributed by atoms with Crippen molar-refractivity contribution in [3.05, 3.63) is 11.4 Å². The average molecular weight is 260 g/mol. The van der Waals surface area contributed by atoms with Crippen molar-refractivity contribution in [3.8, 4) is 16.5 Å². The van der Waals surface area contributed by atoms with Crippen molar-refractivity contribution in [1.82, 2.24) is 15.2 Å². The van der Waals surface area contributed by atoms with Gasteiger partial charge in [-0.25, -0.2) is 18.7 Å². The number of thiophene rings is 1. The smallest absolute Gasteiger partial charge is 0.273 e. The quantitative estimate of drug-likeness (QED) is 0.818. The van der Waals surface area contributed by atoms with Gasteiger partial charge >= 0.3 is 0 Å². The fraction of sp³-hybridized carbons (Fsp3) is 0.143. The summed E-state index contributed by atoms with van der Waals surface area (Å²) in [6.07, 6.45) is 0. The van der Waals surface area contributed by atoms with Crippen molar-refractivity contribution in [3.63, 3.8) is 0 Å². The number of hydrogen-bond donors (Lipinski definition) is 2. The SMILES string of the molecule is COc1csc(-c2n[nH]c(S(N)(=O)=O)n2)c1. The molecule has 9 heteroatoms. The summed E-state index contributed by atoms with van der Waals surface area (Å²) in [6, 6.07) is 1.71. The van der Waals surface area contributed by atoms with Crippen LogP contribution in [0.2, 0.25) is 0 Å². The van der Waals surface area contributed by atoms with Crippen LogP contribution >= 0.6 is 11.3 Å². The van der Waals surface area contributed by atoms with E-state index in [9.17, 15) is 8.42 Å². The molecule has 0 aromatic carbocycles. The number of primary sulfonamides is 1. The predicted octanol–water partition coefficient (Wildman–Crippen LogP) is 0.189. The minimum absolute atomic E-state index is 0.275. The van der Waals surface area contributed by atoms with Crippen molar-refractivity contribution in [1.29, 1.82) is 0 Å². The highest BCUT2D eigenvalue weighted by atomic mass is 32.2. The molecule has 0 aliphatic heterocycles. The molecule has 7 nitrogen and oxygen atoms in total. The first-order valence-corrected chi connectivity index (χ1v) is 6.51. The number of ether oxygens (including phenoxy) is 1. The van der Waals surface area contributed by atoms with Crippen molar-refractivity contribution >= 4 is 21.4 Å². The van der Waals surface area contributed by atoms with Crippen LogP contribution < -0.4 is 9.88 Å². The number of rotatable bonds is 3. The van der Waals surface area contributed by atoms with Crippen LogP contribution in [0.15, 0.2) is 16.6 Å². The molecule has 0 radical (unpaired) electrons. The second-order valence-corrected chi connectivity index (χ2v) is 5.25. The Bertz CT molecular complexity index is 601. The van der Waals surface area contributed by atoms with E-state index in [-0.39, 0.29) is 11.0 Å². The van der Waals surface area contributed by atoms with Crippen LogP contribution in [-0.2, 0) is 10.0 Å². The largest absolute Gasteiger partial charge is 0.496 e. The lowest BCUT2D eigenvalue weighted by atomic mass is 10.4. The third kappa shape index (κ3) is 2.05. The number of aromatic nitrogens is 3. The molecule has 0 fully saturated rings. The standard InChI is InChI=1S/C7H8N4O3S2/c1-14-4-2-5(15-3-4)6-9-7(11-10-6)16(8,12)13/h2-3H,1H3,(H2,8,12,13)(H,9,10,11). The molecule has 0 spiro atoms. The molecule has 0 saturated heterocycles. The van der Waals surface area contributed by atoms with Gasteiger partial charge in [-0.2, -0.15) is 10.1 Å². The van der Waals surface area contributed by atoms with E-state index in [2.05, 4.69) is 15.2 Å². The van der Waals surface area contributed by atoms with E-state index in [1.807, 2.05) is 0 Å². The van der Waals surface area contributed by atoms with E-state index in [1.165, 1.54) is 11.3 Å². The number of H-pyrrole nitrogens is 1. The van der Waals surface area contributed by atoms with Gasteiger partial charge in [-0.3, -0.25) is 0 Å². The van der Waals surface area contributed by atoms with Crippen molar-refractivity contribution in [2.24, 2.45) is 5.14 Å². The first-order chi connectivity index (χ1) is 7.50. The molecule has 0 amide bonds. The number of nitrogens with two attached hydrogens (primary N) is 1. The van der Waals surface area contributed by atoms with E-state index in [1.54, 1.807) is 18.6 Å². The number of nitrogens with zero attached hydrogens (tertiary/aromatic N) is 2. The summed E-state index contributed by atoms with van der Waals surface area (Å²) >= 11 is 1.35. The Balaban J connectivity index is 2.39. The van der Waals surface area contributed by atoms with E-state index in [4.69, 9.17) is 9.88 Å². The van der Waals surface area contributed by atoms with Crippen molar-refractivity contribution in [2.45, 2.75) is 5.16 Å². The van der Waals surface area contributed by atoms with E-state index in [0.29, 0.717) is 10.6 Å². The van der Waals surface area contributed by atoms with Gasteiger partial charge in [0.15, 0.2) is 5.82 Å². The Morgan fingerprint density at radius 2 is 2.31 bits per heavy atom. The summed E-state index contributed by atoms with van der Waals surface area (Å²) in [7, 11) is -2.30. The van der Waals surface area contributed by atoms with Gasteiger partial charge in [0.1, 0.15) is 5.75 Å². The van der Waals surface area contributed by atoms with Crippen molar-refractivity contribution in [2.75, 3.05) is 7.11 Å². The van der Waals surface area contributed by atoms with Gasteiger partial charge in [0, 0.05) is 11.4 Å². The van der Waals surface area contributed by atoms with E-state index >= 15 is 0 Å². The third-order valence-electron chi connectivity index (χ3n) is 1.77. The molecule has 0 bridgehead atoms. The molecule has 2 rings (SSSR count). The number of hydrogen-bond acceptors (Lipinski definition) is 6. The van der Waals surface area contributed by atoms with Gasteiger partial charge in [-0.05, 0) is 0 Å². The summed E-state index contributed by atoms with van der Waals surface area (Å²) in [5, 5.41) is 12.3. The fourth-order valence-electron chi connectivity index (χ4n) is 1.03. The lowest BCUT2D eigenvalue weighted by molar-refractivity contribution is 0.417. The summed E-state index contributed by atoms with van der Waals surface area (Å²) in [6.45, 7) is 0. The molecule has 0 unspecified atom stereocenters. The summed E-state index contributed by atoms with van der Waals surface area (Å²) < 4.78 is 26.9. The zero-order valence-corrected chi connectivity index (χ0v) is 9.80. The van der Waals surface area contributed by atoms with Crippen LogP contribution in [0.4, 0.5) is 0 Å². The molecule has 16 heavy (non-hydrogen) atoms. The first-order valence-electron chi connectivity index (χ1n) is 4.09. The molecule has 0 aliphatic carbocycles. The van der Waals surface area contributed by atoms with Crippen LogP contribution in [0.5, 0.6) is 5.75 Å². The molecule has 2 aromatic heterocycles. The molecule has 0 atom stereocenters. The topological polar surface area (TPSA) is 111 Å². The van der Waals surface area contributed by atoms with Crippen LogP contribution in [-0.4, -0.2) is 30.7 Å². The van der Waals surface area contributed by atoms with E-state index in [0.717, 1.165) is 0 Å². The molecular formula is C7H8N4O3S2. The average Bonchev–Trinajstić information content (AvgIpc) is 2.85. The molecule has 2 aromatic rings. The number of aromatic amines is 1. The second kappa shape index (κ2) is 3.85. The Kier molecular flexibility index (Phi) is 2.66. The van der Waals surface area contributed by atoms with Gasteiger partial charge in [0.05, 0.1) is 12.0 Å². The van der Waals surface area contributed by atoms with E-state index < -0.39 is 10.0 Å². The Morgan fingerprint density at radius 3 is 2.81 bits per heavy atom. The molecule has 2 heterocycles. The Morgan fingerprint density at radius 1 is 1.56 bits per heavy atom. The summed E-state index contributed by atoms with van der Waals surface area (Å²) in [5.74, 6) is 0.944.